The zero-order valence-electron chi connectivity index (χ0n) is 21.5. The molecule has 196 valence electrons. The number of hydrogen-bond acceptors (Lipinski definition) is 8. The molecule has 3 N–H and O–H groups in total. The van der Waals surface area contributed by atoms with Crippen LogP contribution < -0.4 is 29.6 Å². The normalized spacial score (nSPS) is 10.4. The number of para-hydroxylation sites is 1. The molecular formula is C29H30N4O4S. The van der Waals surface area contributed by atoms with Crippen LogP contribution in [0.1, 0.15) is 10.4 Å². The van der Waals surface area contributed by atoms with Gasteiger partial charge in [-0.05, 0) is 66.5 Å². The summed E-state index contributed by atoms with van der Waals surface area (Å²) in [5, 5.41) is 6.26. The number of benzene rings is 3. The molecule has 0 bridgehead atoms. The third kappa shape index (κ3) is 6.89. The van der Waals surface area contributed by atoms with Crippen molar-refractivity contribution in [3.63, 3.8) is 0 Å². The fraction of sp³-hybridized carbons (Fsp3) is 0.172. The Morgan fingerprint density at radius 1 is 0.789 bits per heavy atom. The van der Waals surface area contributed by atoms with Gasteiger partial charge in [-0.2, -0.15) is 0 Å². The standard InChI is InChI=1S/C29H30N4O4S/c1-35-25-12-5-4-10-23(25)29(34)31-17-16-30-21-8-6-9-22(19-21)33-38-27-18-20(14-15-26(27)36-2)24-11-7-13-28(32-24)37-3/h4-15,18-19,30,33H,16-17H2,1-3H3,(H,31,34). The lowest BCUT2D eigenvalue weighted by molar-refractivity contribution is 0.0952. The molecule has 8 nitrogen and oxygen atoms in total. The van der Waals surface area contributed by atoms with Crippen molar-refractivity contribution in [2.24, 2.45) is 0 Å². The molecule has 0 aliphatic rings. The number of aromatic nitrogens is 1. The van der Waals surface area contributed by atoms with E-state index in [0.717, 1.165) is 33.3 Å². The zero-order valence-corrected chi connectivity index (χ0v) is 22.3. The summed E-state index contributed by atoms with van der Waals surface area (Å²) in [4.78, 5) is 17.9. The van der Waals surface area contributed by atoms with E-state index in [1.807, 2.05) is 72.8 Å². The van der Waals surface area contributed by atoms with Crippen LogP contribution in [0.2, 0.25) is 0 Å². The van der Waals surface area contributed by atoms with Gasteiger partial charge in [-0.15, -0.1) is 0 Å². The van der Waals surface area contributed by atoms with Gasteiger partial charge in [0.05, 0.1) is 37.5 Å². The van der Waals surface area contributed by atoms with Gasteiger partial charge in [0.25, 0.3) is 5.91 Å². The monoisotopic (exact) mass is 530 g/mol. The molecule has 0 aliphatic heterocycles. The number of pyridine rings is 1. The van der Waals surface area contributed by atoms with Gasteiger partial charge in [0, 0.05) is 36.1 Å². The minimum atomic E-state index is -0.170. The van der Waals surface area contributed by atoms with Crippen LogP contribution in [-0.2, 0) is 0 Å². The van der Waals surface area contributed by atoms with Crippen LogP contribution >= 0.6 is 11.9 Å². The predicted molar refractivity (Wildman–Crippen MR) is 153 cm³/mol. The van der Waals surface area contributed by atoms with E-state index in [1.54, 1.807) is 33.5 Å². The predicted octanol–water partition coefficient (Wildman–Crippen LogP) is 5.74. The number of amides is 1. The lowest BCUT2D eigenvalue weighted by Crippen LogP contribution is -2.29. The maximum atomic E-state index is 12.5. The van der Waals surface area contributed by atoms with Gasteiger partial charge in [0.2, 0.25) is 5.88 Å². The second-order valence-corrected chi connectivity index (χ2v) is 8.95. The average molecular weight is 531 g/mol. The van der Waals surface area contributed by atoms with E-state index in [4.69, 9.17) is 14.2 Å². The minimum Gasteiger partial charge on any atom is -0.496 e. The minimum absolute atomic E-state index is 0.170. The Labute approximate surface area is 226 Å². The van der Waals surface area contributed by atoms with Crippen LogP contribution in [0.5, 0.6) is 17.4 Å². The van der Waals surface area contributed by atoms with Gasteiger partial charge in [0.1, 0.15) is 11.5 Å². The summed E-state index contributed by atoms with van der Waals surface area (Å²) in [6, 6.07) is 26.7. The fourth-order valence-electron chi connectivity index (χ4n) is 3.72. The molecule has 9 heteroatoms. The van der Waals surface area contributed by atoms with Gasteiger partial charge in [-0.1, -0.05) is 24.3 Å². The van der Waals surface area contributed by atoms with Gasteiger partial charge in [0.15, 0.2) is 0 Å². The number of nitrogens with zero attached hydrogens (tertiary/aromatic N) is 1. The van der Waals surface area contributed by atoms with E-state index in [0.29, 0.717) is 30.3 Å². The van der Waals surface area contributed by atoms with E-state index in [2.05, 4.69) is 20.3 Å². The topological polar surface area (TPSA) is 93.7 Å². The summed E-state index contributed by atoms with van der Waals surface area (Å²) in [5.74, 6) is 1.70. The lowest BCUT2D eigenvalue weighted by atomic mass is 10.1. The smallest absolute Gasteiger partial charge is 0.255 e. The number of anilines is 2. The van der Waals surface area contributed by atoms with Gasteiger partial charge >= 0.3 is 0 Å². The van der Waals surface area contributed by atoms with E-state index in [1.165, 1.54) is 11.9 Å². The van der Waals surface area contributed by atoms with Gasteiger partial charge < -0.3 is 29.6 Å². The lowest BCUT2D eigenvalue weighted by Gasteiger charge is -2.13. The molecule has 38 heavy (non-hydrogen) atoms. The highest BCUT2D eigenvalue weighted by atomic mass is 32.2. The molecule has 0 atom stereocenters. The molecule has 0 radical (unpaired) electrons. The van der Waals surface area contributed by atoms with Gasteiger partial charge in [-0.25, -0.2) is 4.98 Å². The van der Waals surface area contributed by atoms with Crippen LogP contribution in [0, 0.1) is 0 Å². The van der Waals surface area contributed by atoms with E-state index in [-0.39, 0.29) is 5.91 Å². The third-order valence-corrected chi connectivity index (χ3v) is 6.50. The largest absolute Gasteiger partial charge is 0.496 e. The van der Waals surface area contributed by atoms with Crippen molar-refractivity contribution in [2.75, 3.05) is 44.5 Å². The summed E-state index contributed by atoms with van der Waals surface area (Å²) in [5.41, 5.74) is 4.14. The average Bonchev–Trinajstić information content (AvgIpc) is 2.98. The van der Waals surface area contributed by atoms with Crippen molar-refractivity contribution >= 4 is 29.2 Å². The van der Waals surface area contributed by atoms with Crippen molar-refractivity contribution < 1.29 is 19.0 Å². The molecule has 0 saturated carbocycles. The van der Waals surface area contributed by atoms with Gasteiger partial charge in [-0.3, -0.25) is 4.79 Å². The first-order chi connectivity index (χ1) is 18.6. The summed E-state index contributed by atoms with van der Waals surface area (Å²) in [6.07, 6.45) is 0. The molecule has 0 saturated heterocycles. The van der Waals surface area contributed by atoms with Crippen molar-refractivity contribution in [2.45, 2.75) is 4.90 Å². The maximum absolute atomic E-state index is 12.5. The quantitative estimate of drug-likeness (QED) is 0.158. The highest BCUT2D eigenvalue weighted by Crippen LogP contribution is 2.34. The molecule has 1 heterocycles. The molecule has 0 aliphatic carbocycles. The van der Waals surface area contributed by atoms with Crippen molar-refractivity contribution in [1.29, 1.82) is 0 Å². The molecule has 1 amide bonds. The Hall–Kier alpha value is -4.37. The molecular weight excluding hydrogens is 500 g/mol. The van der Waals surface area contributed by atoms with Crippen molar-refractivity contribution in [3.05, 3.63) is 90.5 Å². The maximum Gasteiger partial charge on any atom is 0.255 e. The Kier molecular flexibility index (Phi) is 9.31. The molecule has 3 aromatic carbocycles. The van der Waals surface area contributed by atoms with E-state index >= 15 is 0 Å². The number of methoxy groups -OCH3 is 3. The summed E-state index contributed by atoms with van der Waals surface area (Å²) < 4.78 is 19.5. The summed E-state index contributed by atoms with van der Waals surface area (Å²) >= 11 is 1.45. The molecule has 0 unspecified atom stereocenters. The summed E-state index contributed by atoms with van der Waals surface area (Å²) in [6.45, 7) is 1.03. The van der Waals surface area contributed by atoms with Crippen molar-refractivity contribution in [3.8, 4) is 28.6 Å². The number of carbonyl (C=O) groups is 1. The fourth-order valence-corrected chi connectivity index (χ4v) is 4.51. The molecule has 0 fully saturated rings. The Morgan fingerprint density at radius 2 is 1.58 bits per heavy atom. The Morgan fingerprint density at radius 3 is 2.39 bits per heavy atom. The van der Waals surface area contributed by atoms with E-state index in [9.17, 15) is 4.79 Å². The molecule has 4 rings (SSSR count). The SMILES string of the molecule is COc1cccc(-c2ccc(OC)c(SNc3cccc(NCCNC(=O)c4ccccc4OC)c3)c2)n1. The van der Waals surface area contributed by atoms with Crippen LogP contribution in [0.25, 0.3) is 11.3 Å². The number of ether oxygens (including phenoxy) is 3. The number of carbonyl (C=O) groups excluding carboxylic acids is 1. The zero-order chi connectivity index (χ0) is 26.7. The highest BCUT2D eigenvalue weighted by Gasteiger charge is 2.11. The first kappa shape index (κ1) is 26.7. The number of hydrogen-bond donors (Lipinski definition) is 3. The summed E-state index contributed by atoms with van der Waals surface area (Å²) in [7, 11) is 4.81. The number of rotatable bonds is 12. The second-order valence-electron chi connectivity index (χ2n) is 8.10. The van der Waals surface area contributed by atoms with Crippen LogP contribution in [0.4, 0.5) is 11.4 Å². The number of nitrogens with one attached hydrogen (secondary N) is 3. The molecule has 1 aromatic heterocycles. The van der Waals surface area contributed by atoms with Crippen molar-refractivity contribution in [1.82, 2.24) is 10.3 Å². The van der Waals surface area contributed by atoms with E-state index < -0.39 is 0 Å². The third-order valence-electron chi connectivity index (χ3n) is 5.62. The Bertz CT molecular complexity index is 1380. The first-order valence-electron chi connectivity index (χ1n) is 12.0. The van der Waals surface area contributed by atoms with Crippen LogP contribution in [-0.4, -0.2) is 45.3 Å². The highest BCUT2D eigenvalue weighted by molar-refractivity contribution is 8.00. The first-order valence-corrected chi connectivity index (χ1v) is 12.8. The second kappa shape index (κ2) is 13.3. The molecule has 4 aromatic rings. The molecule has 0 spiro atoms. The van der Waals surface area contributed by atoms with Crippen LogP contribution in [0.15, 0.2) is 89.8 Å². The van der Waals surface area contributed by atoms with Crippen LogP contribution in [0.3, 0.4) is 0 Å². The Balaban J connectivity index is 1.34.